The molecule has 2 N–H and O–H groups in total. The highest BCUT2D eigenvalue weighted by Crippen LogP contribution is 2.29. The van der Waals surface area contributed by atoms with Gasteiger partial charge in [-0.3, -0.25) is 9.89 Å². The average Bonchev–Trinajstić information content (AvgIpc) is 3.03. The third-order valence-corrected chi connectivity index (χ3v) is 6.22. The van der Waals surface area contributed by atoms with Crippen LogP contribution in [0.1, 0.15) is 19.3 Å². The van der Waals surface area contributed by atoms with Gasteiger partial charge in [0.05, 0.1) is 11.1 Å². The summed E-state index contributed by atoms with van der Waals surface area (Å²) < 4.78 is 27.4. The first-order valence-corrected chi connectivity index (χ1v) is 9.30. The first-order valence-electron chi connectivity index (χ1n) is 7.86. The summed E-state index contributed by atoms with van der Waals surface area (Å²) in [5, 5.41) is 9.36. The number of likely N-dealkylation sites (N-methyl/N-ethyl adjacent to an activating group) is 1. The Morgan fingerprint density at radius 1 is 1.25 bits per heavy atom. The van der Waals surface area contributed by atoms with Crippen LogP contribution in [0.15, 0.2) is 41.6 Å². The predicted molar refractivity (Wildman–Crippen MR) is 89.6 cm³/mol. The molecule has 1 amide bonds. The van der Waals surface area contributed by atoms with Crippen LogP contribution in [0.25, 0.3) is 11.1 Å². The van der Waals surface area contributed by atoms with Crippen molar-refractivity contribution in [2.24, 2.45) is 0 Å². The van der Waals surface area contributed by atoms with Gasteiger partial charge in [0.15, 0.2) is 0 Å². The molecule has 1 atom stereocenters. The van der Waals surface area contributed by atoms with Gasteiger partial charge in [-0.05, 0) is 25.3 Å². The van der Waals surface area contributed by atoms with Crippen molar-refractivity contribution in [3.8, 4) is 11.1 Å². The second-order valence-electron chi connectivity index (χ2n) is 5.81. The van der Waals surface area contributed by atoms with Crippen LogP contribution in [0.4, 0.5) is 0 Å². The summed E-state index contributed by atoms with van der Waals surface area (Å²) in [5.74, 6) is -0.237. The molecule has 0 saturated carbocycles. The quantitative estimate of drug-likeness (QED) is 0.872. The van der Waals surface area contributed by atoms with Gasteiger partial charge in [-0.2, -0.15) is 9.40 Å². The minimum absolute atomic E-state index is 0.172. The van der Waals surface area contributed by atoms with E-state index < -0.39 is 16.1 Å². The molecular formula is C16H20N4O3S. The number of rotatable bonds is 4. The number of benzene rings is 1. The van der Waals surface area contributed by atoms with Crippen LogP contribution in [0, 0.1) is 0 Å². The number of aromatic nitrogens is 2. The molecule has 1 fully saturated rings. The largest absolute Gasteiger partial charge is 0.355 e. The maximum atomic E-state index is 13.1. The highest BCUT2D eigenvalue weighted by molar-refractivity contribution is 7.89. The van der Waals surface area contributed by atoms with Crippen LogP contribution in [-0.2, 0) is 14.8 Å². The summed E-state index contributed by atoms with van der Waals surface area (Å²) in [6.45, 7) is 0.592. The highest BCUT2D eigenvalue weighted by Gasteiger charge is 2.34. The molecule has 0 spiro atoms. The first kappa shape index (κ1) is 16.7. The molecule has 1 aliphatic rings. The van der Waals surface area contributed by atoms with Gasteiger partial charge in [-0.15, -0.1) is 0 Å². The van der Waals surface area contributed by atoms with E-state index in [1.165, 1.54) is 11.4 Å². The standard InChI is InChI=1S/C16H20N4O3S/c1-20(14-7-4-5-9-17-16(14)21)24(22,23)15-8-3-2-6-13(15)12-10-18-19-11-12/h2-3,6,8,10-11,14H,4-5,7,9H2,1H3,(H,17,21)(H,18,19)/t14-/m1/s1. The van der Waals surface area contributed by atoms with Gasteiger partial charge < -0.3 is 5.32 Å². The van der Waals surface area contributed by atoms with Crippen molar-refractivity contribution in [3.63, 3.8) is 0 Å². The molecule has 1 aromatic heterocycles. The zero-order valence-electron chi connectivity index (χ0n) is 13.4. The Balaban J connectivity index is 2.00. The van der Waals surface area contributed by atoms with Crippen LogP contribution in [0.2, 0.25) is 0 Å². The molecule has 1 saturated heterocycles. The molecule has 0 bridgehead atoms. The lowest BCUT2D eigenvalue weighted by atomic mass is 10.1. The van der Waals surface area contributed by atoms with E-state index in [-0.39, 0.29) is 10.8 Å². The number of nitrogens with zero attached hydrogens (tertiary/aromatic N) is 2. The number of carbonyl (C=O) groups is 1. The monoisotopic (exact) mass is 348 g/mol. The smallest absolute Gasteiger partial charge is 0.244 e. The van der Waals surface area contributed by atoms with Crippen LogP contribution in [0.3, 0.4) is 0 Å². The van der Waals surface area contributed by atoms with Gasteiger partial charge in [-0.1, -0.05) is 18.2 Å². The van der Waals surface area contributed by atoms with Crippen LogP contribution >= 0.6 is 0 Å². The Morgan fingerprint density at radius 3 is 2.79 bits per heavy atom. The maximum Gasteiger partial charge on any atom is 0.244 e. The van der Waals surface area contributed by atoms with E-state index in [9.17, 15) is 13.2 Å². The van der Waals surface area contributed by atoms with Crippen molar-refractivity contribution in [1.82, 2.24) is 19.8 Å². The van der Waals surface area contributed by atoms with Gasteiger partial charge in [0.2, 0.25) is 15.9 Å². The lowest BCUT2D eigenvalue weighted by molar-refractivity contribution is -0.124. The number of hydrogen-bond donors (Lipinski definition) is 2. The van der Waals surface area contributed by atoms with E-state index in [0.29, 0.717) is 24.1 Å². The molecule has 0 aliphatic carbocycles. The fraction of sp³-hybridized carbons (Fsp3) is 0.375. The van der Waals surface area contributed by atoms with E-state index in [1.807, 2.05) is 0 Å². The van der Waals surface area contributed by atoms with Crippen LogP contribution in [-0.4, -0.2) is 48.5 Å². The van der Waals surface area contributed by atoms with E-state index in [4.69, 9.17) is 0 Å². The van der Waals surface area contributed by atoms with Gasteiger partial charge in [0.1, 0.15) is 6.04 Å². The molecule has 1 aromatic carbocycles. The topological polar surface area (TPSA) is 95.2 Å². The van der Waals surface area contributed by atoms with Crippen molar-refractivity contribution >= 4 is 15.9 Å². The predicted octanol–water partition coefficient (Wildman–Crippen LogP) is 1.37. The van der Waals surface area contributed by atoms with Crippen molar-refractivity contribution in [2.75, 3.05) is 13.6 Å². The van der Waals surface area contributed by atoms with Crippen LogP contribution < -0.4 is 5.32 Å². The van der Waals surface area contributed by atoms with Crippen molar-refractivity contribution < 1.29 is 13.2 Å². The molecule has 1 aliphatic heterocycles. The number of sulfonamides is 1. The molecule has 0 unspecified atom stereocenters. The molecule has 2 aromatic rings. The Labute approximate surface area is 141 Å². The van der Waals surface area contributed by atoms with Crippen molar-refractivity contribution in [2.45, 2.75) is 30.2 Å². The molecule has 0 radical (unpaired) electrons. The molecular weight excluding hydrogens is 328 g/mol. The maximum absolute atomic E-state index is 13.1. The van der Waals surface area contributed by atoms with E-state index >= 15 is 0 Å². The summed E-state index contributed by atoms with van der Waals surface area (Å²) in [4.78, 5) is 12.4. The summed E-state index contributed by atoms with van der Waals surface area (Å²) in [7, 11) is -2.34. The van der Waals surface area contributed by atoms with Crippen LogP contribution in [0.5, 0.6) is 0 Å². The van der Waals surface area contributed by atoms with Gasteiger partial charge in [0.25, 0.3) is 0 Å². The SMILES string of the molecule is CN([C@@H]1CCCCNC1=O)S(=O)(=O)c1ccccc1-c1cn[nH]c1. The summed E-state index contributed by atoms with van der Waals surface area (Å²) in [6.07, 6.45) is 5.42. The molecule has 24 heavy (non-hydrogen) atoms. The Morgan fingerprint density at radius 2 is 2.04 bits per heavy atom. The molecule has 8 heteroatoms. The molecule has 2 heterocycles. The lowest BCUT2D eigenvalue weighted by Gasteiger charge is -2.26. The Kier molecular flexibility index (Phi) is 4.68. The van der Waals surface area contributed by atoms with E-state index in [1.54, 1.807) is 36.7 Å². The van der Waals surface area contributed by atoms with Gasteiger partial charge in [-0.25, -0.2) is 8.42 Å². The minimum Gasteiger partial charge on any atom is -0.355 e. The van der Waals surface area contributed by atoms with E-state index in [2.05, 4.69) is 15.5 Å². The van der Waals surface area contributed by atoms with E-state index in [0.717, 1.165) is 12.8 Å². The Hall–Kier alpha value is -2.19. The van der Waals surface area contributed by atoms with Crippen molar-refractivity contribution in [1.29, 1.82) is 0 Å². The second kappa shape index (κ2) is 6.74. The molecule has 7 nitrogen and oxygen atoms in total. The summed E-state index contributed by atoms with van der Waals surface area (Å²) >= 11 is 0. The third-order valence-electron chi connectivity index (χ3n) is 4.30. The molecule has 3 rings (SSSR count). The lowest BCUT2D eigenvalue weighted by Crippen LogP contribution is -2.46. The molecule has 128 valence electrons. The first-order chi connectivity index (χ1) is 11.5. The summed E-state index contributed by atoms with van der Waals surface area (Å²) in [5.41, 5.74) is 1.25. The fourth-order valence-corrected chi connectivity index (χ4v) is 4.48. The minimum atomic E-state index is -3.81. The average molecular weight is 348 g/mol. The number of carbonyl (C=O) groups excluding carboxylic acids is 1. The number of H-pyrrole nitrogens is 1. The normalized spacial score (nSPS) is 19.1. The number of amides is 1. The highest BCUT2D eigenvalue weighted by atomic mass is 32.2. The fourth-order valence-electron chi connectivity index (χ4n) is 2.92. The second-order valence-corrected chi connectivity index (χ2v) is 7.77. The summed E-state index contributed by atoms with van der Waals surface area (Å²) in [6, 6.07) is 6.06. The van der Waals surface area contributed by atoms with Gasteiger partial charge in [0, 0.05) is 30.9 Å². The number of hydrogen-bond acceptors (Lipinski definition) is 4. The third kappa shape index (κ3) is 3.07. The van der Waals surface area contributed by atoms with Gasteiger partial charge >= 0.3 is 0 Å². The Bertz CT molecular complexity index is 818. The zero-order chi connectivity index (χ0) is 17.2. The van der Waals surface area contributed by atoms with Crippen molar-refractivity contribution in [3.05, 3.63) is 36.7 Å². The number of aromatic amines is 1. The number of nitrogens with one attached hydrogen (secondary N) is 2. The zero-order valence-corrected chi connectivity index (χ0v) is 14.2.